The third kappa shape index (κ3) is 4.16. The van der Waals surface area contributed by atoms with Gasteiger partial charge in [-0.1, -0.05) is 6.92 Å². The number of aryl methyl sites for hydroxylation is 1. The molecule has 0 unspecified atom stereocenters. The second kappa shape index (κ2) is 7.23. The molecule has 2 aliphatic rings. The van der Waals surface area contributed by atoms with E-state index < -0.39 is 10.0 Å². The monoisotopic (exact) mass is 354 g/mol. The van der Waals surface area contributed by atoms with Gasteiger partial charge in [-0.05, 0) is 38.0 Å². The molecular formula is C16H26N4O3S. The first-order valence-corrected chi connectivity index (χ1v) is 10.3. The summed E-state index contributed by atoms with van der Waals surface area (Å²) in [6.07, 6.45) is 7.77. The lowest BCUT2D eigenvalue weighted by Crippen LogP contribution is -2.44. The van der Waals surface area contributed by atoms with Crippen molar-refractivity contribution in [3.63, 3.8) is 0 Å². The van der Waals surface area contributed by atoms with E-state index in [9.17, 15) is 13.2 Å². The van der Waals surface area contributed by atoms with Crippen LogP contribution >= 0.6 is 0 Å². The van der Waals surface area contributed by atoms with Gasteiger partial charge in [0.25, 0.3) is 0 Å². The number of hydrogen-bond acceptors (Lipinski definition) is 4. The molecule has 2 heterocycles. The number of carbonyl (C=O) groups is 1. The minimum Gasteiger partial charge on any atom is -0.342 e. The molecule has 0 aromatic carbocycles. The first-order valence-electron chi connectivity index (χ1n) is 8.80. The Bertz CT molecular complexity index is 681. The Balaban J connectivity index is 1.54. The zero-order chi connectivity index (χ0) is 17.2. The lowest BCUT2D eigenvalue weighted by atomic mass is 9.98. The molecular weight excluding hydrogens is 328 g/mol. The van der Waals surface area contributed by atoms with Gasteiger partial charge < -0.3 is 4.90 Å². The highest BCUT2D eigenvalue weighted by Crippen LogP contribution is 2.32. The van der Waals surface area contributed by atoms with Crippen molar-refractivity contribution in [2.24, 2.45) is 11.8 Å². The predicted octanol–water partition coefficient (Wildman–Crippen LogP) is 1.22. The number of likely N-dealkylation sites (tertiary alicyclic amines) is 1. The van der Waals surface area contributed by atoms with Crippen molar-refractivity contribution in [3.05, 3.63) is 12.4 Å². The van der Waals surface area contributed by atoms with E-state index in [2.05, 4.69) is 9.82 Å². The van der Waals surface area contributed by atoms with Crippen LogP contribution in [-0.2, 0) is 21.4 Å². The lowest BCUT2D eigenvalue weighted by molar-refractivity contribution is -0.134. The van der Waals surface area contributed by atoms with E-state index in [1.54, 1.807) is 10.9 Å². The first kappa shape index (κ1) is 17.4. The number of amides is 1. The molecule has 134 valence electrons. The van der Waals surface area contributed by atoms with Crippen molar-refractivity contribution in [2.45, 2.75) is 50.5 Å². The van der Waals surface area contributed by atoms with Gasteiger partial charge in [0.15, 0.2) is 0 Å². The van der Waals surface area contributed by atoms with E-state index in [-0.39, 0.29) is 22.6 Å². The second-order valence-electron chi connectivity index (χ2n) is 6.86. The van der Waals surface area contributed by atoms with Gasteiger partial charge in [0.2, 0.25) is 15.9 Å². The quantitative estimate of drug-likeness (QED) is 0.798. The van der Waals surface area contributed by atoms with Crippen molar-refractivity contribution in [2.75, 3.05) is 19.6 Å². The highest BCUT2D eigenvalue weighted by atomic mass is 32.2. The second-order valence-corrected chi connectivity index (χ2v) is 8.62. The number of nitrogens with one attached hydrogen (secondary N) is 1. The van der Waals surface area contributed by atoms with E-state index in [1.165, 1.54) is 6.20 Å². The molecule has 1 aliphatic heterocycles. The maximum absolute atomic E-state index is 12.4. The number of hydrogen-bond donors (Lipinski definition) is 1. The number of sulfonamides is 1. The average molecular weight is 354 g/mol. The van der Waals surface area contributed by atoms with Crippen LogP contribution in [0.3, 0.4) is 0 Å². The number of nitrogens with zero attached hydrogens (tertiary/aromatic N) is 3. The van der Waals surface area contributed by atoms with E-state index >= 15 is 0 Å². The normalized spacial score (nSPS) is 21.9. The summed E-state index contributed by atoms with van der Waals surface area (Å²) in [5.41, 5.74) is 0. The Morgan fingerprint density at radius 1 is 1.38 bits per heavy atom. The number of carbonyl (C=O) groups excluding carboxylic acids is 1. The van der Waals surface area contributed by atoms with Crippen molar-refractivity contribution < 1.29 is 13.2 Å². The van der Waals surface area contributed by atoms with E-state index in [0.29, 0.717) is 19.6 Å². The topological polar surface area (TPSA) is 84.3 Å². The molecule has 0 spiro atoms. The van der Waals surface area contributed by atoms with E-state index in [1.807, 2.05) is 11.8 Å². The van der Waals surface area contributed by atoms with Crippen LogP contribution in [0, 0.1) is 11.8 Å². The van der Waals surface area contributed by atoms with Crippen LogP contribution < -0.4 is 4.72 Å². The van der Waals surface area contributed by atoms with Crippen LogP contribution in [-0.4, -0.2) is 48.6 Å². The molecule has 7 nitrogen and oxygen atoms in total. The van der Waals surface area contributed by atoms with Gasteiger partial charge in [0.1, 0.15) is 4.90 Å². The van der Waals surface area contributed by atoms with E-state index in [0.717, 1.165) is 38.6 Å². The predicted molar refractivity (Wildman–Crippen MR) is 89.7 cm³/mol. The number of rotatable bonds is 7. The first-order chi connectivity index (χ1) is 11.5. The molecule has 1 N–H and O–H groups in total. The molecule has 1 amide bonds. The molecule has 3 rings (SSSR count). The Hall–Kier alpha value is -1.41. The minimum atomic E-state index is -3.54. The van der Waals surface area contributed by atoms with Crippen molar-refractivity contribution in [3.8, 4) is 0 Å². The minimum absolute atomic E-state index is 0.182. The summed E-state index contributed by atoms with van der Waals surface area (Å²) in [6, 6.07) is 0. The van der Waals surface area contributed by atoms with Crippen molar-refractivity contribution >= 4 is 15.9 Å². The zero-order valence-corrected chi connectivity index (χ0v) is 15.0. The molecule has 0 radical (unpaired) electrons. The maximum atomic E-state index is 12.4. The Morgan fingerprint density at radius 3 is 2.88 bits per heavy atom. The van der Waals surface area contributed by atoms with Crippen LogP contribution in [0.5, 0.6) is 0 Å². The van der Waals surface area contributed by atoms with Crippen molar-refractivity contribution in [1.29, 1.82) is 0 Å². The van der Waals surface area contributed by atoms with Gasteiger partial charge in [-0.25, -0.2) is 13.1 Å². The third-order valence-electron chi connectivity index (χ3n) is 4.69. The molecule has 8 heteroatoms. The standard InChI is InChI=1S/C16H26N4O3S/c1-2-7-20-12-15(10-17-20)24(22,23)18-9-13-4-3-8-19(11-13)16(21)14-5-6-14/h10,12-14,18H,2-9,11H2,1H3/t13-/m1/s1. The zero-order valence-electron chi connectivity index (χ0n) is 14.1. The molecule has 1 aromatic rings. The summed E-state index contributed by atoms with van der Waals surface area (Å²) >= 11 is 0. The Labute approximate surface area is 143 Å². The molecule has 1 atom stereocenters. The fourth-order valence-electron chi connectivity index (χ4n) is 3.17. The van der Waals surface area contributed by atoms with Gasteiger partial charge in [-0.15, -0.1) is 0 Å². The average Bonchev–Trinajstić information content (AvgIpc) is 3.32. The summed E-state index contributed by atoms with van der Waals surface area (Å²) in [4.78, 5) is 14.3. The smallest absolute Gasteiger partial charge is 0.243 e. The summed E-state index contributed by atoms with van der Waals surface area (Å²) in [6.45, 7) is 4.56. The largest absolute Gasteiger partial charge is 0.342 e. The van der Waals surface area contributed by atoms with Gasteiger partial charge in [-0.3, -0.25) is 9.48 Å². The molecule has 1 saturated carbocycles. The summed E-state index contributed by atoms with van der Waals surface area (Å²) < 4.78 is 29.1. The fourth-order valence-corrected chi connectivity index (χ4v) is 4.23. The molecule has 24 heavy (non-hydrogen) atoms. The molecule has 1 aliphatic carbocycles. The molecule has 1 aromatic heterocycles. The number of aromatic nitrogens is 2. The lowest BCUT2D eigenvalue weighted by Gasteiger charge is -2.33. The summed E-state index contributed by atoms with van der Waals surface area (Å²) in [7, 11) is -3.54. The number of piperidine rings is 1. The third-order valence-corrected chi connectivity index (χ3v) is 6.07. The summed E-state index contributed by atoms with van der Waals surface area (Å²) in [5, 5.41) is 4.07. The molecule has 2 fully saturated rings. The SMILES string of the molecule is CCCn1cc(S(=O)(=O)NC[C@H]2CCCN(C(=O)C3CC3)C2)cn1. The van der Waals surface area contributed by atoms with Crippen LogP contribution in [0.2, 0.25) is 0 Å². The van der Waals surface area contributed by atoms with Gasteiger partial charge in [0.05, 0.1) is 6.20 Å². The highest BCUT2D eigenvalue weighted by molar-refractivity contribution is 7.89. The van der Waals surface area contributed by atoms with Crippen LogP contribution in [0.1, 0.15) is 39.0 Å². The summed E-state index contributed by atoms with van der Waals surface area (Å²) in [5.74, 6) is 0.662. The van der Waals surface area contributed by atoms with Crippen LogP contribution in [0.25, 0.3) is 0 Å². The van der Waals surface area contributed by atoms with Gasteiger partial charge in [-0.2, -0.15) is 5.10 Å². The van der Waals surface area contributed by atoms with Gasteiger partial charge in [0, 0.05) is 38.3 Å². The van der Waals surface area contributed by atoms with Crippen molar-refractivity contribution in [1.82, 2.24) is 19.4 Å². The Morgan fingerprint density at radius 2 is 2.17 bits per heavy atom. The molecule has 1 saturated heterocycles. The molecule has 0 bridgehead atoms. The highest BCUT2D eigenvalue weighted by Gasteiger charge is 2.35. The fraction of sp³-hybridized carbons (Fsp3) is 0.750. The van der Waals surface area contributed by atoms with Gasteiger partial charge >= 0.3 is 0 Å². The maximum Gasteiger partial charge on any atom is 0.243 e. The Kier molecular flexibility index (Phi) is 5.24. The van der Waals surface area contributed by atoms with E-state index in [4.69, 9.17) is 0 Å². The van der Waals surface area contributed by atoms with Crippen LogP contribution in [0.15, 0.2) is 17.3 Å². The van der Waals surface area contributed by atoms with Crippen LogP contribution in [0.4, 0.5) is 0 Å².